The van der Waals surface area contributed by atoms with Gasteiger partial charge < -0.3 is 10.4 Å². The van der Waals surface area contributed by atoms with Crippen molar-refractivity contribution in [1.29, 1.82) is 0 Å². The van der Waals surface area contributed by atoms with E-state index in [2.05, 4.69) is 5.32 Å². The molecule has 0 bridgehead atoms. The molecule has 1 aromatic rings. The Hall–Kier alpha value is -0.810. The van der Waals surface area contributed by atoms with Gasteiger partial charge in [-0.2, -0.15) is 0 Å². The summed E-state index contributed by atoms with van der Waals surface area (Å²) >= 11 is 12.1. The van der Waals surface area contributed by atoms with Crippen LogP contribution in [0.1, 0.15) is 25.3 Å². The van der Waals surface area contributed by atoms with Crippen molar-refractivity contribution in [1.82, 2.24) is 10.2 Å². The van der Waals surface area contributed by atoms with Crippen molar-refractivity contribution in [3.05, 3.63) is 33.8 Å². The Bertz CT molecular complexity index is 504. The van der Waals surface area contributed by atoms with Gasteiger partial charge in [-0.3, -0.25) is 9.69 Å². The van der Waals surface area contributed by atoms with Gasteiger partial charge in [0.05, 0.1) is 16.6 Å². The lowest BCUT2D eigenvalue weighted by Crippen LogP contribution is -2.53. The van der Waals surface area contributed by atoms with Crippen molar-refractivity contribution < 1.29 is 9.90 Å². The molecule has 0 aliphatic heterocycles. The van der Waals surface area contributed by atoms with Gasteiger partial charge in [0.2, 0.25) is 0 Å². The first-order chi connectivity index (χ1) is 10.0. The van der Waals surface area contributed by atoms with Crippen LogP contribution in [0.25, 0.3) is 0 Å². The van der Waals surface area contributed by atoms with Crippen LogP contribution in [0.4, 0.5) is 0 Å². The zero-order chi connectivity index (χ0) is 15.4. The molecule has 1 aliphatic carbocycles. The average molecular weight is 331 g/mol. The van der Waals surface area contributed by atoms with Crippen molar-refractivity contribution in [2.75, 3.05) is 13.1 Å². The van der Waals surface area contributed by atoms with Gasteiger partial charge in [0, 0.05) is 18.6 Å². The second-order valence-electron chi connectivity index (χ2n) is 5.37. The fourth-order valence-corrected chi connectivity index (χ4v) is 3.05. The van der Waals surface area contributed by atoms with E-state index in [9.17, 15) is 4.79 Å². The number of hydrogen-bond acceptors (Lipinski definition) is 3. The van der Waals surface area contributed by atoms with Crippen LogP contribution in [-0.2, 0) is 11.3 Å². The van der Waals surface area contributed by atoms with Crippen molar-refractivity contribution in [2.45, 2.75) is 38.4 Å². The minimum Gasteiger partial charge on any atom is -0.480 e. The van der Waals surface area contributed by atoms with Crippen LogP contribution in [-0.4, -0.2) is 41.1 Å². The van der Waals surface area contributed by atoms with Crippen LogP contribution < -0.4 is 5.32 Å². The van der Waals surface area contributed by atoms with Gasteiger partial charge in [-0.1, -0.05) is 42.3 Å². The number of carboxylic acids is 1. The van der Waals surface area contributed by atoms with E-state index in [0.29, 0.717) is 28.7 Å². The summed E-state index contributed by atoms with van der Waals surface area (Å²) in [5.74, 6) is -0.765. The third-order valence-corrected chi connectivity index (χ3v) is 4.84. The monoisotopic (exact) mass is 330 g/mol. The van der Waals surface area contributed by atoms with Gasteiger partial charge in [-0.25, -0.2) is 0 Å². The normalized spacial score (nSPS) is 21.3. The number of nitrogens with zero attached hydrogens (tertiary/aromatic N) is 1. The quantitative estimate of drug-likeness (QED) is 0.806. The molecule has 2 rings (SSSR count). The van der Waals surface area contributed by atoms with E-state index in [1.54, 1.807) is 6.07 Å². The fraction of sp³-hybridized carbons (Fsp3) is 0.533. The number of benzene rings is 1. The summed E-state index contributed by atoms with van der Waals surface area (Å²) < 4.78 is 0. The number of hydrogen-bond donors (Lipinski definition) is 2. The Kier molecular flexibility index (Phi) is 5.88. The van der Waals surface area contributed by atoms with Crippen molar-refractivity contribution >= 4 is 29.2 Å². The van der Waals surface area contributed by atoms with Crippen LogP contribution in [0.2, 0.25) is 10.0 Å². The number of rotatable bonds is 7. The molecule has 0 aromatic heterocycles. The summed E-state index contributed by atoms with van der Waals surface area (Å²) in [6.45, 7) is 3.56. The summed E-state index contributed by atoms with van der Waals surface area (Å²) in [5, 5.41) is 13.5. The fourth-order valence-electron chi connectivity index (χ4n) is 2.66. The Labute approximate surface area is 135 Å². The topological polar surface area (TPSA) is 52.6 Å². The maximum absolute atomic E-state index is 10.8. The molecule has 0 saturated heterocycles. The van der Waals surface area contributed by atoms with Gasteiger partial charge in [-0.05, 0) is 31.0 Å². The lowest BCUT2D eigenvalue weighted by atomic mass is 9.85. The first-order valence-electron chi connectivity index (χ1n) is 7.13. The number of halogens is 2. The highest BCUT2D eigenvalue weighted by Crippen LogP contribution is 2.28. The summed E-state index contributed by atoms with van der Waals surface area (Å²) in [5.41, 5.74) is 0.991. The van der Waals surface area contributed by atoms with E-state index in [4.69, 9.17) is 28.3 Å². The predicted octanol–water partition coefficient (Wildman–Crippen LogP) is 3.02. The lowest BCUT2D eigenvalue weighted by Gasteiger charge is -2.42. The zero-order valence-electron chi connectivity index (χ0n) is 12.0. The van der Waals surface area contributed by atoms with Gasteiger partial charge in [0.1, 0.15) is 0 Å². The van der Waals surface area contributed by atoms with E-state index in [1.807, 2.05) is 24.0 Å². The van der Waals surface area contributed by atoms with E-state index in [0.717, 1.165) is 24.9 Å². The van der Waals surface area contributed by atoms with E-state index in [-0.39, 0.29) is 6.54 Å². The molecule has 0 atom stereocenters. The smallest absolute Gasteiger partial charge is 0.317 e. The minimum atomic E-state index is -0.765. The molecule has 6 heteroatoms. The molecule has 0 spiro atoms. The van der Waals surface area contributed by atoms with Crippen LogP contribution in [0.3, 0.4) is 0 Å². The summed E-state index contributed by atoms with van der Waals surface area (Å²) in [6, 6.07) is 6.39. The largest absolute Gasteiger partial charge is 0.480 e. The molecule has 0 heterocycles. The zero-order valence-corrected chi connectivity index (χ0v) is 13.5. The van der Waals surface area contributed by atoms with E-state index < -0.39 is 5.97 Å². The second kappa shape index (κ2) is 7.45. The first-order valence-corrected chi connectivity index (χ1v) is 7.89. The highest BCUT2D eigenvalue weighted by Gasteiger charge is 2.33. The standard InChI is InChI=1S/C15H20Cl2N2O2/c1-2-19(9-14(20)21)12-6-11(7-12)18-8-10-4-3-5-13(16)15(10)17/h3-5,11-12,18H,2,6-9H2,1H3,(H,20,21). The molecule has 0 amide bonds. The van der Waals surface area contributed by atoms with Crippen LogP contribution >= 0.6 is 23.2 Å². The average Bonchev–Trinajstić information content (AvgIpc) is 2.39. The van der Waals surface area contributed by atoms with Crippen LogP contribution in [0.15, 0.2) is 18.2 Å². The maximum Gasteiger partial charge on any atom is 0.317 e. The third-order valence-electron chi connectivity index (χ3n) is 3.99. The van der Waals surface area contributed by atoms with Crippen molar-refractivity contribution in [2.24, 2.45) is 0 Å². The molecule has 0 radical (unpaired) electrons. The number of aliphatic carboxylic acids is 1. The Balaban J connectivity index is 1.78. The van der Waals surface area contributed by atoms with Gasteiger partial charge in [-0.15, -0.1) is 0 Å². The van der Waals surface area contributed by atoms with Gasteiger partial charge in [0.15, 0.2) is 0 Å². The first kappa shape index (κ1) is 16.6. The molecular weight excluding hydrogens is 311 g/mol. The lowest BCUT2D eigenvalue weighted by molar-refractivity contribution is -0.139. The molecule has 1 saturated carbocycles. The summed E-state index contributed by atoms with van der Waals surface area (Å²) in [6.07, 6.45) is 1.94. The maximum atomic E-state index is 10.8. The molecular formula is C15H20Cl2N2O2. The predicted molar refractivity (Wildman–Crippen MR) is 85.0 cm³/mol. The second-order valence-corrected chi connectivity index (χ2v) is 6.16. The van der Waals surface area contributed by atoms with E-state index in [1.165, 1.54) is 0 Å². The van der Waals surface area contributed by atoms with Gasteiger partial charge >= 0.3 is 5.97 Å². The van der Waals surface area contributed by atoms with E-state index >= 15 is 0 Å². The van der Waals surface area contributed by atoms with Gasteiger partial charge in [0.25, 0.3) is 0 Å². The van der Waals surface area contributed by atoms with Crippen LogP contribution in [0.5, 0.6) is 0 Å². The molecule has 0 unspecified atom stereocenters. The molecule has 1 fully saturated rings. The molecule has 2 N–H and O–H groups in total. The molecule has 4 nitrogen and oxygen atoms in total. The highest BCUT2D eigenvalue weighted by atomic mass is 35.5. The Morgan fingerprint density at radius 2 is 2.14 bits per heavy atom. The number of carboxylic acid groups (broad SMARTS) is 1. The SMILES string of the molecule is CCN(CC(=O)O)C1CC(NCc2cccc(Cl)c2Cl)C1. The van der Waals surface area contributed by atoms with Crippen molar-refractivity contribution in [3.8, 4) is 0 Å². The number of nitrogens with one attached hydrogen (secondary N) is 1. The Morgan fingerprint density at radius 1 is 1.43 bits per heavy atom. The molecule has 1 aromatic carbocycles. The molecule has 21 heavy (non-hydrogen) atoms. The Morgan fingerprint density at radius 3 is 2.76 bits per heavy atom. The molecule has 1 aliphatic rings. The summed E-state index contributed by atoms with van der Waals surface area (Å²) in [4.78, 5) is 12.8. The van der Waals surface area contributed by atoms with Crippen LogP contribution in [0, 0.1) is 0 Å². The van der Waals surface area contributed by atoms with Crippen molar-refractivity contribution in [3.63, 3.8) is 0 Å². The number of carbonyl (C=O) groups is 1. The summed E-state index contributed by atoms with van der Waals surface area (Å²) in [7, 11) is 0. The number of likely N-dealkylation sites (N-methyl/N-ethyl adjacent to an activating group) is 1. The molecule has 116 valence electrons. The minimum absolute atomic E-state index is 0.119. The highest BCUT2D eigenvalue weighted by molar-refractivity contribution is 6.42. The third kappa shape index (κ3) is 4.33.